The molecule has 5 heteroatoms. The molecule has 0 radical (unpaired) electrons. The number of H-pyrrole nitrogens is 1. The number of hydrogen-bond acceptors (Lipinski definition) is 4. The average molecular weight is 330 g/mol. The fraction of sp³-hybridized carbons (Fsp3) is 0.100. The third kappa shape index (κ3) is 3.04. The molecule has 4 aromatic rings. The van der Waals surface area contributed by atoms with Crippen molar-refractivity contribution >= 4 is 22.4 Å². The minimum absolute atomic E-state index is 0.811. The van der Waals surface area contributed by atoms with E-state index in [4.69, 9.17) is 4.74 Å². The molecule has 3 aromatic heterocycles. The van der Waals surface area contributed by atoms with Crippen molar-refractivity contribution in [3.05, 3.63) is 66.6 Å². The largest absolute Gasteiger partial charge is 0.497 e. The molecule has 1 aromatic carbocycles. The van der Waals surface area contributed by atoms with Gasteiger partial charge in [0, 0.05) is 40.9 Å². The lowest BCUT2D eigenvalue weighted by molar-refractivity contribution is 0.414. The zero-order valence-electron chi connectivity index (χ0n) is 14.1. The van der Waals surface area contributed by atoms with Gasteiger partial charge < -0.3 is 15.0 Å². The molecule has 0 aliphatic heterocycles. The van der Waals surface area contributed by atoms with Crippen LogP contribution in [0.1, 0.15) is 5.56 Å². The van der Waals surface area contributed by atoms with Gasteiger partial charge in [-0.15, -0.1) is 0 Å². The summed E-state index contributed by atoms with van der Waals surface area (Å²) in [6.45, 7) is 2.06. The number of ether oxygens (including phenoxy) is 1. The average Bonchev–Trinajstić information content (AvgIpc) is 3.07. The van der Waals surface area contributed by atoms with Crippen molar-refractivity contribution in [2.24, 2.45) is 0 Å². The second-order valence-corrected chi connectivity index (χ2v) is 5.90. The molecule has 0 aliphatic rings. The Morgan fingerprint density at radius 1 is 1.00 bits per heavy atom. The quantitative estimate of drug-likeness (QED) is 0.570. The van der Waals surface area contributed by atoms with Crippen molar-refractivity contribution in [2.45, 2.75) is 6.92 Å². The number of pyridine rings is 2. The van der Waals surface area contributed by atoms with Crippen molar-refractivity contribution in [3.63, 3.8) is 0 Å². The molecule has 3 heterocycles. The number of hydrogen-bond donors (Lipinski definition) is 2. The molecule has 0 saturated heterocycles. The molecule has 4 rings (SSSR count). The van der Waals surface area contributed by atoms with Crippen molar-refractivity contribution < 1.29 is 4.74 Å². The summed E-state index contributed by atoms with van der Waals surface area (Å²) in [5, 5.41) is 4.39. The first-order valence-electron chi connectivity index (χ1n) is 8.04. The summed E-state index contributed by atoms with van der Waals surface area (Å²) >= 11 is 0. The van der Waals surface area contributed by atoms with Crippen molar-refractivity contribution in [1.82, 2.24) is 15.0 Å². The van der Waals surface area contributed by atoms with E-state index in [-0.39, 0.29) is 0 Å². The highest BCUT2D eigenvalue weighted by atomic mass is 16.5. The normalized spacial score (nSPS) is 10.8. The van der Waals surface area contributed by atoms with Gasteiger partial charge in [-0.25, -0.2) is 4.98 Å². The number of aryl methyl sites for hydroxylation is 1. The van der Waals surface area contributed by atoms with E-state index in [1.165, 1.54) is 0 Å². The number of fused-ring (bicyclic) bond motifs is 1. The minimum Gasteiger partial charge on any atom is -0.497 e. The van der Waals surface area contributed by atoms with Crippen LogP contribution in [0.2, 0.25) is 0 Å². The fourth-order valence-electron chi connectivity index (χ4n) is 2.90. The fourth-order valence-corrected chi connectivity index (χ4v) is 2.90. The van der Waals surface area contributed by atoms with Crippen LogP contribution in [0.15, 0.2) is 61.1 Å². The number of methoxy groups -OCH3 is 1. The third-order valence-electron chi connectivity index (χ3n) is 4.09. The molecular formula is C20H18N4O. The van der Waals surface area contributed by atoms with Gasteiger partial charge >= 0.3 is 0 Å². The van der Waals surface area contributed by atoms with Crippen molar-refractivity contribution in [3.8, 4) is 17.0 Å². The van der Waals surface area contributed by atoms with E-state index in [0.717, 1.165) is 45.0 Å². The van der Waals surface area contributed by atoms with Crippen LogP contribution in [0.3, 0.4) is 0 Å². The lowest BCUT2D eigenvalue weighted by Gasteiger charge is -2.05. The van der Waals surface area contributed by atoms with Crippen LogP contribution in [0.25, 0.3) is 22.2 Å². The van der Waals surface area contributed by atoms with Gasteiger partial charge in [-0.05, 0) is 55.0 Å². The van der Waals surface area contributed by atoms with Gasteiger partial charge in [0.25, 0.3) is 0 Å². The summed E-state index contributed by atoms with van der Waals surface area (Å²) in [5.41, 5.74) is 5.25. The molecule has 2 N–H and O–H groups in total. The number of nitrogens with one attached hydrogen (secondary N) is 2. The summed E-state index contributed by atoms with van der Waals surface area (Å²) in [6.07, 6.45) is 5.30. The highest BCUT2D eigenvalue weighted by Crippen LogP contribution is 2.31. The Morgan fingerprint density at radius 2 is 1.84 bits per heavy atom. The standard InChI is InChI=1S/C20H18N4O/c1-13-9-14(11-16(10-13)25-2)19-12-17-18(24-19)5-8-22-20(17)23-15-3-6-21-7-4-15/h3-12,24H,1-2H3,(H,21,22,23). The van der Waals surface area contributed by atoms with Gasteiger partial charge in [0.2, 0.25) is 0 Å². The molecular weight excluding hydrogens is 312 g/mol. The number of rotatable bonds is 4. The predicted molar refractivity (Wildman–Crippen MR) is 100 cm³/mol. The van der Waals surface area contributed by atoms with E-state index in [9.17, 15) is 0 Å². The molecule has 0 spiro atoms. The molecule has 0 unspecified atom stereocenters. The van der Waals surface area contributed by atoms with Crippen LogP contribution in [0, 0.1) is 6.92 Å². The summed E-state index contributed by atoms with van der Waals surface area (Å²) < 4.78 is 5.39. The minimum atomic E-state index is 0.811. The molecule has 0 saturated carbocycles. The molecule has 124 valence electrons. The Morgan fingerprint density at radius 3 is 2.64 bits per heavy atom. The Labute approximate surface area is 145 Å². The van der Waals surface area contributed by atoms with Crippen LogP contribution < -0.4 is 10.1 Å². The lowest BCUT2D eigenvalue weighted by atomic mass is 10.1. The van der Waals surface area contributed by atoms with Gasteiger partial charge in [-0.2, -0.15) is 0 Å². The Hall–Kier alpha value is -3.34. The zero-order chi connectivity index (χ0) is 17.2. The SMILES string of the molecule is COc1cc(C)cc(-c2cc3c(Nc4ccncc4)nccc3[nH]2)c1. The van der Waals surface area contributed by atoms with E-state index < -0.39 is 0 Å². The Bertz CT molecular complexity index is 1020. The smallest absolute Gasteiger partial charge is 0.139 e. The zero-order valence-corrected chi connectivity index (χ0v) is 14.1. The molecule has 0 aliphatic carbocycles. The van der Waals surface area contributed by atoms with E-state index in [0.29, 0.717) is 0 Å². The number of nitrogens with zero attached hydrogens (tertiary/aromatic N) is 2. The van der Waals surface area contributed by atoms with Crippen molar-refractivity contribution in [1.29, 1.82) is 0 Å². The molecule has 0 atom stereocenters. The molecule has 0 bridgehead atoms. The molecule has 25 heavy (non-hydrogen) atoms. The summed E-state index contributed by atoms with van der Waals surface area (Å²) in [7, 11) is 1.68. The predicted octanol–water partition coefficient (Wildman–Crippen LogP) is 4.69. The maximum absolute atomic E-state index is 5.39. The first-order valence-corrected chi connectivity index (χ1v) is 8.04. The first kappa shape index (κ1) is 15.2. The van der Waals surface area contributed by atoms with E-state index >= 15 is 0 Å². The Balaban J connectivity index is 1.78. The topological polar surface area (TPSA) is 62.8 Å². The second kappa shape index (κ2) is 6.28. The van der Waals surface area contributed by atoms with Gasteiger partial charge in [0.1, 0.15) is 11.6 Å². The Kier molecular flexibility index (Phi) is 3.82. The third-order valence-corrected chi connectivity index (χ3v) is 4.09. The van der Waals surface area contributed by atoms with Crippen LogP contribution in [0.4, 0.5) is 11.5 Å². The lowest BCUT2D eigenvalue weighted by Crippen LogP contribution is -1.93. The number of anilines is 2. The van der Waals surface area contributed by atoms with Crippen LogP contribution in [0.5, 0.6) is 5.75 Å². The molecule has 0 amide bonds. The van der Waals surface area contributed by atoms with Crippen LogP contribution in [-0.2, 0) is 0 Å². The van der Waals surface area contributed by atoms with E-state index in [1.807, 2.05) is 30.3 Å². The van der Waals surface area contributed by atoms with Gasteiger partial charge in [0.05, 0.1) is 12.6 Å². The van der Waals surface area contributed by atoms with Gasteiger partial charge in [-0.1, -0.05) is 0 Å². The highest BCUT2D eigenvalue weighted by Gasteiger charge is 2.10. The molecule has 5 nitrogen and oxygen atoms in total. The summed E-state index contributed by atoms with van der Waals surface area (Å²) in [6, 6.07) is 14.1. The second-order valence-electron chi connectivity index (χ2n) is 5.90. The van der Waals surface area contributed by atoms with Crippen LogP contribution >= 0.6 is 0 Å². The van der Waals surface area contributed by atoms with Crippen molar-refractivity contribution in [2.75, 3.05) is 12.4 Å². The van der Waals surface area contributed by atoms with E-state index in [1.54, 1.807) is 25.7 Å². The highest BCUT2D eigenvalue weighted by molar-refractivity contribution is 5.95. The monoisotopic (exact) mass is 330 g/mol. The van der Waals surface area contributed by atoms with Gasteiger partial charge in [-0.3, -0.25) is 4.98 Å². The number of aromatic amines is 1. The molecule has 0 fully saturated rings. The number of aromatic nitrogens is 3. The van der Waals surface area contributed by atoms with Gasteiger partial charge in [0.15, 0.2) is 0 Å². The maximum Gasteiger partial charge on any atom is 0.139 e. The number of benzene rings is 1. The first-order chi connectivity index (χ1) is 12.2. The van der Waals surface area contributed by atoms with E-state index in [2.05, 4.69) is 39.3 Å². The summed E-state index contributed by atoms with van der Waals surface area (Å²) in [4.78, 5) is 12.0. The summed E-state index contributed by atoms with van der Waals surface area (Å²) in [5.74, 6) is 1.66. The maximum atomic E-state index is 5.39. The van der Waals surface area contributed by atoms with Crippen LogP contribution in [-0.4, -0.2) is 22.1 Å².